The van der Waals surface area contributed by atoms with Crippen LogP contribution in [0.25, 0.3) is 0 Å². The number of halogens is 1. The van der Waals surface area contributed by atoms with Crippen molar-refractivity contribution in [1.82, 2.24) is 19.7 Å². The van der Waals surface area contributed by atoms with E-state index in [2.05, 4.69) is 15.0 Å². The molecule has 2 atom stereocenters. The van der Waals surface area contributed by atoms with Crippen molar-refractivity contribution in [2.75, 3.05) is 13.1 Å². The van der Waals surface area contributed by atoms with Crippen LogP contribution in [-0.2, 0) is 4.79 Å². The first-order valence-electron chi connectivity index (χ1n) is 8.87. The van der Waals surface area contributed by atoms with E-state index >= 15 is 0 Å². The van der Waals surface area contributed by atoms with E-state index in [0.717, 1.165) is 5.56 Å². The van der Waals surface area contributed by atoms with E-state index in [1.807, 2.05) is 24.3 Å². The normalized spacial score (nSPS) is 22.0. The molecule has 142 valence electrons. The Morgan fingerprint density at radius 1 is 1.30 bits per heavy atom. The number of carbonyl (C=O) groups excluding carboxylic acids is 2. The van der Waals surface area contributed by atoms with E-state index in [1.165, 1.54) is 16.4 Å². The van der Waals surface area contributed by atoms with Gasteiger partial charge in [0.25, 0.3) is 5.91 Å². The van der Waals surface area contributed by atoms with Gasteiger partial charge in [-0.3, -0.25) is 14.5 Å². The summed E-state index contributed by atoms with van der Waals surface area (Å²) >= 11 is 7.50. The third-order valence-electron chi connectivity index (χ3n) is 5.19. The van der Waals surface area contributed by atoms with E-state index < -0.39 is 0 Å². The van der Waals surface area contributed by atoms with Crippen LogP contribution in [0.4, 0.5) is 0 Å². The van der Waals surface area contributed by atoms with Crippen molar-refractivity contribution >= 4 is 35.2 Å². The number of likely N-dealkylation sites (tertiary alicyclic amines) is 1. The van der Waals surface area contributed by atoms with Gasteiger partial charge in [0.05, 0.1) is 6.04 Å². The van der Waals surface area contributed by atoms with Gasteiger partial charge in [0.15, 0.2) is 5.16 Å². The molecule has 0 spiro atoms. The maximum Gasteiger partial charge on any atom is 0.264 e. The van der Waals surface area contributed by atoms with E-state index in [-0.39, 0.29) is 29.0 Å². The standard InChI is InChI=1S/C18H20ClN5O2S/c1-10-21-18-24(22-10)17(26)15(27-18)14(11-2-4-13(19)5-3-11)23-8-6-12(7-9-23)16(20)25/h2-5,12,14-15H,6-9H2,1H3,(H2,20,25). The van der Waals surface area contributed by atoms with Crippen LogP contribution in [0.5, 0.6) is 0 Å². The average molecular weight is 406 g/mol. The van der Waals surface area contributed by atoms with Crippen LogP contribution in [0.2, 0.25) is 5.02 Å². The number of fused-ring (bicyclic) bond motifs is 1. The predicted molar refractivity (Wildman–Crippen MR) is 103 cm³/mol. The Kier molecular flexibility index (Phi) is 4.96. The summed E-state index contributed by atoms with van der Waals surface area (Å²) in [6, 6.07) is 7.45. The number of piperidine rings is 1. The van der Waals surface area contributed by atoms with Gasteiger partial charge in [-0.25, -0.2) is 4.98 Å². The third-order valence-corrected chi connectivity index (χ3v) is 6.63. The molecule has 1 fully saturated rings. The quantitative estimate of drug-likeness (QED) is 0.838. The molecule has 3 heterocycles. The number of thioether (sulfide) groups is 1. The number of benzene rings is 1. The summed E-state index contributed by atoms with van der Waals surface area (Å²) in [4.78, 5) is 31.1. The second-order valence-corrected chi connectivity index (χ2v) is 8.48. The number of hydrogen-bond donors (Lipinski definition) is 1. The molecule has 7 nitrogen and oxygen atoms in total. The highest BCUT2D eigenvalue weighted by molar-refractivity contribution is 8.00. The van der Waals surface area contributed by atoms with Crippen molar-refractivity contribution in [2.24, 2.45) is 11.7 Å². The largest absolute Gasteiger partial charge is 0.369 e. The lowest BCUT2D eigenvalue weighted by Crippen LogP contribution is -2.45. The van der Waals surface area contributed by atoms with Crippen molar-refractivity contribution in [1.29, 1.82) is 0 Å². The molecule has 0 saturated carbocycles. The summed E-state index contributed by atoms with van der Waals surface area (Å²) in [5, 5.41) is 5.17. The van der Waals surface area contributed by atoms with Gasteiger partial charge in [-0.05, 0) is 50.6 Å². The minimum Gasteiger partial charge on any atom is -0.369 e. The number of aromatic nitrogens is 3. The Morgan fingerprint density at radius 2 is 1.96 bits per heavy atom. The second-order valence-electron chi connectivity index (χ2n) is 6.94. The number of carbonyl (C=O) groups is 2. The predicted octanol–water partition coefficient (Wildman–Crippen LogP) is 2.29. The first kappa shape index (κ1) is 18.5. The van der Waals surface area contributed by atoms with Crippen LogP contribution in [0.3, 0.4) is 0 Å². The maximum absolute atomic E-state index is 13.0. The molecule has 27 heavy (non-hydrogen) atoms. The highest BCUT2D eigenvalue weighted by Gasteiger charge is 2.43. The zero-order valence-corrected chi connectivity index (χ0v) is 16.4. The third kappa shape index (κ3) is 3.49. The van der Waals surface area contributed by atoms with Crippen LogP contribution in [0.1, 0.15) is 35.1 Å². The minimum atomic E-state index is -0.341. The van der Waals surface area contributed by atoms with Gasteiger partial charge in [0, 0.05) is 10.9 Å². The minimum absolute atomic E-state index is 0.0624. The Hall–Kier alpha value is -1.90. The van der Waals surface area contributed by atoms with Crippen LogP contribution in [0, 0.1) is 12.8 Å². The summed E-state index contributed by atoms with van der Waals surface area (Å²) in [6.45, 7) is 3.19. The maximum atomic E-state index is 13.0. The number of rotatable bonds is 4. The van der Waals surface area contributed by atoms with Crippen molar-refractivity contribution < 1.29 is 9.59 Å². The molecule has 0 radical (unpaired) electrons. The van der Waals surface area contributed by atoms with E-state index in [1.54, 1.807) is 6.92 Å². The number of hydrogen-bond acceptors (Lipinski definition) is 6. The van der Waals surface area contributed by atoms with Crippen molar-refractivity contribution in [2.45, 2.75) is 36.2 Å². The smallest absolute Gasteiger partial charge is 0.264 e. The Labute approximate surface area is 166 Å². The molecule has 1 aromatic heterocycles. The molecule has 2 N–H and O–H groups in total. The van der Waals surface area contributed by atoms with Crippen molar-refractivity contribution in [3.05, 3.63) is 40.7 Å². The zero-order chi connectivity index (χ0) is 19.1. The fraction of sp³-hybridized carbons (Fsp3) is 0.444. The molecule has 0 aliphatic carbocycles. The lowest BCUT2D eigenvalue weighted by molar-refractivity contribution is -0.123. The molecule has 1 saturated heterocycles. The molecule has 2 aliphatic heterocycles. The Balaban J connectivity index is 1.63. The fourth-order valence-electron chi connectivity index (χ4n) is 3.80. The van der Waals surface area contributed by atoms with Gasteiger partial charge in [-0.15, -0.1) is 5.10 Å². The molecule has 2 aromatic rings. The molecule has 9 heteroatoms. The Morgan fingerprint density at radius 3 is 2.56 bits per heavy atom. The molecular formula is C18H20ClN5O2S. The first-order chi connectivity index (χ1) is 12.9. The zero-order valence-electron chi connectivity index (χ0n) is 14.8. The number of aryl methyl sites for hydroxylation is 1. The van der Waals surface area contributed by atoms with Crippen LogP contribution in [-0.4, -0.2) is 49.8 Å². The average Bonchev–Trinajstić information content (AvgIpc) is 3.15. The van der Waals surface area contributed by atoms with Crippen molar-refractivity contribution in [3.8, 4) is 0 Å². The lowest BCUT2D eigenvalue weighted by atomic mass is 9.92. The second kappa shape index (κ2) is 7.26. The van der Waals surface area contributed by atoms with E-state index in [9.17, 15) is 9.59 Å². The Bertz CT molecular complexity index is 876. The molecule has 4 rings (SSSR count). The number of amides is 1. The van der Waals surface area contributed by atoms with Crippen LogP contribution >= 0.6 is 23.4 Å². The lowest BCUT2D eigenvalue weighted by Gasteiger charge is -2.38. The highest BCUT2D eigenvalue weighted by atomic mass is 35.5. The summed E-state index contributed by atoms with van der Waals surface area (Å²) < 4.78 is 1.41. The summed E-state index contributed by atoms with van der Waals surface area (Å²) in [5.74, 6) is 0.185. The highest BCUT2D eigenvalue weighted by Crippen LogP contribution is 2.42. The summed E-state index contributed by atoms with van der Waals surface area (Å²) in [5.41, 5.74) is 6.49. The number of primary amides is 1. The summed E-state index contributed by atoms with van der Waals surface area (Å²) in [7, 11) is 0. The van der Waals surface area contributed by atoms with Crippen molar-refractivity contribution in [3.63, 3.8) is 0 Å². The molecule has 1 aromatic carbocycles. The topological polar surface area (TPSA) is 94.1 Å². The molecule has 2 aliphatic rings. The monoisotopic (exact) mass is 405 g/mol. The molecule has 1 amide bonds. The number of nitrogens with zero attached hydrogens (tertiary/aromatic N) is 4. The van der Waals surface area contributed by atoms with E-state index in [0.29, 0.717) is 41.9 Å². The van der Waals surface area contributed by atoms with Gasteiger partial charge >= 0.3 is 0 Å². The summed E-state index contributed by atoms with van der Waals surface area (Å²) in [6.07, 6.45) is 1.40. The van der Waals surface area contributed by atoms with Gasteiger partial charge in [-0.2, -0.15) is 4.68 Å². The van der Waals surface area contributed by atoms with E-state index in [4.69, 9.17) is 17.3 Å². The van der Waals surface area contributed by atoms with Gasteiger partial charge in [0.2, 0.25) is 5.91 Å². The SMILES string of the molecule is Cc1nc2n(n1)C(=O)C(C(c1ccc(Cl)cc1)N1CCC(C(N)=O)CC1)S2. The van der Waals surface area contributed by atoms with Crippen LogP contribution < -0.4 is 5.73 Å². The fourth-order valence-corrected chi connectivity index (χ4v) is 5.23. The van der Waals surface area contributed by atoms with Gasteiger partial charge < -0.3 is 5.73 Å². The molecule has 2 unspecified atom stereocenters. The van der Waals surface area contributed by atoms with Gasteiger partial charge in [0.1, 0.15) is 11.1 Å². The first-order valence-corrected chi connectivity index (χ1v) is 10.1. The molecular weight excluding hydrogens is 386 g/mol. The van der Waals surface area contributed by atoms with Gasteiger partial charge in [-0.1, -0.05) is 35.5 Å². The van der Waals surface area contributed by atoms with Crippen LogP contribution in [0.15, 0.2) is 29.4 Å². The number of nitrogens with two attached hydrogens (primary N) is 1. The molecule has 0 bridgehead atoms.